The summed E-state index contributed by atoms with van der Waals surface area (Å²) in [5.74, 6) is 0.781. The number of hydrogen-bond donors (Lipinski definition) is 1. The van der Waals surface area contributed by atoms with E-state index in [-0.39, 0.29) is 18.4 Å². The number of likely N-dealkylation sites (tertiary alicyclic amines) is 1. The van der Waals surface area contributed by atoms with Crippen LogP contribution in [0, 0.1) is 5.92 Å². The number of halogens is 2. The summed E-state index contributed by atoms with van der Waals surface area (Å²) in [5.41, 5.74) is 0.945. The fourth-order valence-corrected chi connectivity index (χ4v) is 2.82. The highest BCUT2D eigenvalue weighted by Crippen LogP contribution is 2.31. The smallest absolute Gasteiger partial charge is 0.387 e. The molecule has 1 saturated heterocycles. The summed E-state index contributed by atoms with van der Waals surface area (Å²) >= 11 is 0. The van der Waals surface area contributed by atoms with Crippen LogP contribution in [0.15, 0.2) is 18.2 Å². The van der Waals surface area contributed by atoms with E-state index in [1.807, 2.05) is 0 Å². The fraction of sp³-hybridized carbons (Fsp3) is 0.600. The summed E-state index contributed by atoms with van der Waals surface area (Å²) in [6, 6.07) is 5.09. The number of ether oxygens (including phenoxy) is 2. The zero-order valence-electron chi connectivity index (χ0n) is 12.3. The van der Waals surface area contributed by atoms with Crippen LogP contribution in [0.3, 0.4) is 0 Å². The van der Waals surface area contributed by atoms with Gasteiger partial charge in [-0.15, -0.1) is 0 Å². The zero-order chi connectivity index (χ0) is 15.4. The molecule has 0 aromatic heterocycles. The number of methoxy groups -OCH3 is 1. The maximum Gasteiger partial charge on any atom is 0.387 e. The zero-order valence-corrected chi connectivity index (χ0v) is 12.3. The molecule has 1 aromatic rings. The standard InChI is InChI=1S/C15H21F2NO3/c1-10-5-6-18(12(10)9-19)8-11-3-4-13(21-15(16)17)14(7-11)20-2/h3-4,7,10,12,15,19H,5-6,8-9H2,1-2H3. The monoisotopic (exact) mass is 301 g/mol. The second-order valence-electron chi connectivity index (χ2n) is 5.35. The first-order valence-electron chi connectivity index (χ1n) is 7.01. The molecular formula is C15H21F2NO3. The second-order valence-corrected chi connectivity index (χ2v) is 5.35. The molecule has 21 heavy (non-hydrogen) atoms. The van der Waals surface area contributed by atoms with Gasteiger partial charge < -0.3 is 14.6 Å². The lowest BCUT2D eigenvalue weighted by molar-refractivity contribution is -0.0512. The number of aliphatic hydroxyl groups excluding tert-OH is 1. The SMILES string of the molecule is COc1cc(CN2CCC(C)C2CO)ccc1OC(F)F. The molecule has 1 aromatic carbocycles. The molecule has 2 rings (SSSR count). The van der Waals surface area contributed by atoms with Gasteiger partial charge in [0.2, 0.25) is 0 Å². The summed E-state index contributed by atoms with van der Waals surface area (Å²) in [6.07, 6.45) is 1.05. The van der Waals surface area contributed by atoms with Crippen LogP contribution >= 0.6 is 0 Å². The highest BCUT2D eigenvalue weighted by atomic mass is 19.3. The Morgan fingerprint density at radius 2 is 2.14 bits per heavy atom. The Balaban J connectivity index is 2.10. The molecule has 0 bridgehead atoms. The topological polar surface area (TPSA) is 41.9 Å². The van der Waals surface area contributed by atoms with Gasteiger partial charge >= 0.3 is 6.61 Å². The van der Waals surface area contributed by atoms with Crippen molar-refractivity contribution in [2.24, 2.45) is 5.92 Å². The van der Waals surface area contributed by atoms with Crippen LogP contribution in [0.2, 0.25) is 0 Å². The van der Waals surface area contributed by atoms with Crippen molar-refractivity contribution in [3.8, 4) is 11.5 Å². The number of alkyl halides is 2. The van der Waals surface area contributed by atoms with Crippen molar-refractivity contribution >= 4 is 0 Å². The fourth-order valence-electron chi connectivity index (χ4n) is 2.82. The van der Waals surface area contributed by atoms with Crippen molar-refractivity contribution in [3.63, 3.8) is 0 Å². The lowest BCUT2D eigenvalue weighted by Crippen LogP contribution is -2.34. The minimum absolute atomic E-state index is 0.0322. The van der Waals surface area contributed by atoms with Gasteiger partial charge in [-0.2, -0.15) is 8.78 Å². The van der Waals surface area contributed by atoms with Gasteiger partial charge in [0.15, 0.2) is 11.5 Å². The van der Waals surface area contributed by atoms with Crippen LogP contribution in [0.5, 0.6) is 11.5 Å². The Bertz CT molecular complexity index is 470. The molecule has 0 aliphatic carbocycles. The highest BCUT2D eigenvalue weighted by molar-refractivity contribution is 5.43. The van der Waals surface area contributed by atoms with Crippen molar-refractivity contribution in [2.45, 2.75) is 32.5 Å². The van der Waals surface area contributed by atoms with E-state index in [9.17, 15) is 13.9 Å². The largest absolute Gasteiger partial charge is 0.493 e. The predicted molar refractivity (Wildman–Crippen MR) is 74.7 cm³/mol. The van der Waals surface area contributed by atoms with Gasteiger partial charge in [0, 0.05) is 12.6 Å². The molecule has 1 fully saturated rings. The lowest BCUT2D eigenvalue weighted by atomic mass is 10.0. The van der Waals surface area contributed by atoms with Crippen LogP contribution in [-0.4, -0.2) is 42.9 Å². The summed E-state index contributed by atoms with van der Waals surface area (Å²) in [4.78, 5) is 2.20. The van der Waals surface area contributed by atoms with Crippen molar-refractivity contribution < 1.29 is 23.4 Å². The average molecular weight is 301 g/mol. The maximum absolute atomic E-state index is 12.3. The minimum Gasteiger partial charge on any atom is -0.493 e. The van der Waals surface area contributed by atoms with Crippen LogP contribution in [0.4, 0.5) is 8.78 Å². The number of nitrogens with zero attached hydrogens (tertiary/aromatic N) is 1. The van der Waals surface area contributed by atoms with E-state index in [2.05, 4.69) is 16.6 Å². The summed E-state index contributed by atoms with van der Waals surface area (Å²) in [6.45, 7) is 0.958. The molecule has 4 nitrogen and oxygen atoms in total. The first-order chi connectivity index (χ1) is 10.0. The van der Waals surface area contributed by atoms with Gasteiger partial charge in [-0.25, -0.2) is 0 Å². The molecule has 0 spiro atoms. The molecule has 1 N–H and O–H groups in total. The average Bonchev–Trinajstić information content (AvgIpc) is 2.80. The number of aliphatic hydroxyl groups is 1. The molecular weight excluding hydrogens is 280 g/mol. The molecule has 118 valence electrons. The number of benzene rings is 1. The summed E-state index contributed by atoms with van der Waals surface area (Å²) in [7, 11) is 1.42. The Hall–Kier alpha value is -1.40. The van der Waals surface area contributed by atoms with E-state index >= 15 is 0 Å². The van der Waals surface area contributed by atoms with Gasteiger partial charge in [-0.3, -0.25) is 4.90 Å². The molecule has 1 aliphatic heterocycles. The Labute approximate surface area is 123 Å². The van der Waals surface area contributed by atoms with Crippen molar-refractivity contribution in [1.82, 2.24) is 4.90 Å². The molecule has 0 saturated carbocycles. The molecule has 2 unspecified atom stereocenters. The second kappa shape index (κ2) is 7.04. The lowest BCUT2D eigenvalue weighted by Gasteiger charge is -2.25. The number of hydrogen-bond acceptors (Lipinski definition) is 4. The molecule has 0 radical (unpaired) electrons. The van der Waals surface area contributed by atoms with Crippen LogP contribution in [-0.2, 0) is 6.54 Å². The highest BCUT2D eigenvalue weighted by Gasteiger charge is 2.30. The number of rotatable bonds is 6. The van der Waals surface area contributed by atoms with Crippen molar-refractivity contribution in [2.75, 3.05) is 20.3 Å². The maximum atomic E-state index is 12.3. The van der Waals surface area contributed by atoms with E-state index in [0.29, 0.717) is 18.2 Å². The van der Waals surface area contributed by atoms with E-state index in [1.165, 1.54) is 13.2 Å². The first-order valence-corrected chi connectivity index (χ1v) is 7.01. The summed E-state index contributed by atoms with van der Waals surface area (Å²) in [5, 5.41) is 9.46. The van der Waals surface area contributed by atoms with Crippen molar-refractivity contribution in [1.29, 1.82) is 0 Å². The van der Waals surface area contributed by atoms with E-state index < -0.39 is 6.61 Å². The normalized spacial score (nSPS) is 22.8. The molecule has 0 amide bonds. The molecule has 2 atom stereocenters. The van der Waals surface area contributed by atoms with E-state index in [0.717, 1.165) is 18.5 Å². The Kier molecular flexibility index (Phi) is 5.36. The quantitative estimate of drug-likeness (QED) is 0.876. The predicted octanol–water partition coefficient (Wildman–Crippen LogP) is 2.50. The van der Waals surface area contributed by atoms with Gasteiger partial charge in [0.25, 0.3) is 0 Å². The third-order valence-electron chi connectivity index (χ3n) is 4.01. The summed E-state index contributed by atoms with van der Waals surface area (Å²) < 4.78 is 34.1. The van der Waals surface area contributed by atoms with E-state index in [1.54, 1.807) is 12.1 Å². The van der Waals surface area contributed by atoms with Crippen LogP contribution in [0.1, 0.15) is 18.9 Å². The third kappa shape index (κ3) is 3.83. The van der Waals surface area contributed by atoms with E-state index in [4.69, 9.17) is 4.74 Å². The first kappa shape index (κ1) is 16.0. The van der Waals surface area contributed by atoms with Gasteiger partial charge in [-0.05, 0) is 36.6 Å². The minimum atomic E-state index is -2.87. The Morgan fingerprint density at radius 1 is 1.38 bits per heavy atom. The molecule has 1 heterocycles. The molecule has 1 aliphatic rings. The van der Waals surface area contributed by atoms with Crippen molar-refractivity contribution in [3.05, 3.63) is 23.8 Å². The Morgan fingerprint density at radius 3 is 2.76 bits per heavy atom. The van der Waals surface area contributed by atoms with Crippen LogP contribution in [0.25, 0.3) is 0 Å². The van der Waals surface area contributed by atoms with Gasteiger partial charge in [0.05, 0.1) is 13.7 Å². The molecule has 6 heteroatoms. The third-order valence-corrected chi connectivity index (χ3v) is 4.01. The van der Waals surface area contributed by atoms with Gasteiger partial charge in [0.1, 0.15) is 0 Å². The van der Waals surface area contributed by atoms with Gasteiger partial charge in [-0.1, -0.05) is 13.0 Å². The van der Waals surface area contributed by atoms with Crippen LogP contribution < -0.4 is 9.47 Å².